The van der Waals surface area contributed by atoms with Crippen LogP contribution in [0.1, 0.15) is 27.8 Å². The first-order valence-electron chi connectivity index (χ1n) is 10.2. The molecule has 0 fully saturated rings. The van der Waals surface area contributed by atoms with Gasteiger partial charge in [-0.2, -0.15) is 16.8 Å². The zero-order valence-corrected chi connectivity index (χ0v) is 21.7. The average molecular weight is 507 g/mol. The maximum Gasteiger partial charge on any atom is 0.296 e. The van der Waals surface area contributed by atoms with Crippen LogP contribution < -0.4 is 15.9 Å². The van der Waals surface area contributed by atoms with Crippen molar-refractivity contribution in [2.75, 3.05) is 7.11 Å². The van der Waals surface area contributed by atoms with Gasteiger partial charge in [0.1, 0.15) is 5.75 Å². The quantitative estimate of drug-likeness (QED) is 0.300. The summed E-state index contributed by atoms with van der Waals surface area (Å²) in [5.41, 5.74) is 4.06. The molecule has 0 spiro atoms. The monoisotopic (exact) mass is 506 g/mol. The van der Waals surface area contributed by atoms with Crippen LogP contribution in [0, 0.1) is 27.7 Å². The zero-order chi connectivity index (χ0) is 24.6. The summed E-state index contributed by atoms with van der Waals surface area (Å²) in [4.78, 5) is 0.101. The lowest BCUT2D eigenvalue weighted by atomic mass is 10.1. The maximum absolute atomic E-state index is 12.5. The van der Waals surface area contributed by atoms with Crippen LogP contribution in [-0.4, -0.2) is 28.5 Å². The number of hydrogen-bond acceptors (Lipinski definition) is 5. The molecule has 0 bridgehead atoms. The van der Waals surface area contributed by atoms with Crippen LogP contribution in [0.2, 0.25) is 0 Å². The van der Waals surface area contributed by atoms with E-state index in [1.54, 1.807) is 32.0 Å². The first kappa shape index (κ1) is 25.5. The predicted octanol–water partition coefficient (Wildman–Crippen LogP) is 3.40. The van der Waals surface area contributed by atoms with E-state index in [0.717, 1.165) is 39.7 Å². The smallest absolute Gasteiger partial charge is 0.285 e. The van der Waals surface area contributed by atoms with Crippen LogP contribution in [0.25, 0.3) is 0 Å². The van der Waals surface area contributed by atoms with Crippen LogP contribution in [0.15, 0.2) is 59.5 Å². The lowest BCUT2D eigenvalue weighted by Crippen LogP contribution is -2.23. The fraction of sp³-hybridized carbons (Fsp3) is 0.250. The van der Waals surface area contributed by atoms with Gasteiger partial charge in [0.15, 0.2) is 0 Å². The van der Waals surface area contributed by atoms with Crippen LogP contribution in [0.3, 0.4) is 0 Å². The third-order valence-corrected chi connectivity index (χ3v) is 10.1. The highest BCUT2D eigenvalue weighted by Crippen LogP contribution is 2.35. The molecule has 0 amide bonds. The number of aryl methyl sites for hydroxylation is 4. The Hall–Kier alpha value is -2.09. The summed E-state index contributed by atoms with van der Waals surface area (Å²) in [5, 5.41) is 2.64. The fourth-order valence-electron chi connectivity index (χ4n) is 3.55. The molecule has 0 aliphatic carbocycles. The highest BCUT2D eigenvalue weighted by atomic mass is 32.2. The van der Waals surface area contributed by atoms with Gasteiger partial charge < -0.3 is 0 Å². The average Bonchev–Trinajstić information content (AvgIpc) is 2.73. The van der Waals surface area contributed by atoms with Gasteiger partial charge >= 0.3 is 0 Å². The normalized spacial score (nSPS) is 13.2. The molecular formula is C24H27O6PS2. The van der Waals surface area contributed by atoms with E-state index in [2.05, 4.69) is 6.07 Å². The largest absolute Gasteiger partial charge is 0.296 e. The standard InChI is InChI=1S/C24H27O6PS2/c1-16-6-9-21(12-19(16)4)31(22-10-7-17(2)20(13-22)15-32(25,26)27)23-11-8-18(3)24(14-23)33(28,29)30-5/h6-14H,15H2,1-5H3,(H,25,26,27). The molecule has 9 heteroatoms. The van der Waals surface area contributed by atoms with Gasteiger partial charge in [0.2, 0.25) is 0 Å². The van der Waals surface area contributed by atoms with Crippen LogP contribution >= 0.6 is 7.92 Å². The van der Waals surface area contributed by atoms with Crippen LogP contribution in [0.4, 0.5) is 0 Å². The molecule has 0 aromatic heterocycles. The fourth-order valence-corrected chi connectivity index (χ4v) is 7.68. The Morgan fingerprint density at radius 1 is 0.727 bits per heavy atom. The number of hydrogen-bond donors (Lipinski definition) is 1. The SMILES string of the molecule is COS(=O)(=O)c1cc(P(c2ccc(C)c(C)c2)c2ccc(C)c(CS(=O)(=O)O)c2)ccc1C. The molecule has 6 nitrogen and oxygen atoms in total. The summed E-state index contributed by atoms with van der Waals surface area (Å²) in [6.45, 7) is 7.54. The first-order chi connectivity index (χ1) is 15.3. The lowest BCUT2D eigenvalue weighted by Gasteiger charge is -2.22. The minimum absolute atomic E-state index is 0.101. The molecule has 0 aliphatic heterocycles. The minimum Gasteiger partial charge on any atom is -0.285 e. The highest BCUT2D eigenvalue weighted by molar-refractivity contribution is 7.87. The lowest BCUT2D eigenvalue weighted by molar-refractivity contribution is 0.397. The minimum atomic E-state index is -4.21. The molecule has 176 valence electrons. The first-order valence-corrected chi connectivity index (χ1v) is 14.5. The Labute approximate surface area is 197 Å². The van der Waals surface area contributed by atoms with Gasteiger partial charge in [-0.1, -0.05) is 42.5 Å². The maximum atomic E-state index is 12.5. The predicted molar refractivity (Wildman–Crippen MR) is 134 cm³/mol. The summed E-state index contributed by atoms with van der Waals surface area (Å²) in [5.74, 6) is -0.486. The van der Waals surface area contributed by atoms with Crippen molar-refractivity contribution in [3.8, 4) is 0 Å². The Kier molecular flexibility index (Phi) is 7.46. The van der Waals surface area contributed by atoms with E-state index in [0.29, 0.717) is 11.1 Å². The van der Waals surface area contributed by atoms with E-state index in [4.69, 9.17) is 4.18 Å². The van der Waals surface area contributed by atoms with Crippen LogP contribution in [0.5, 0.6) is 0 Å². The summed E-state index contributed by atoms with van der Waals surface area (Å²) in [7, 11) is -8.20. The molecule has 1 N–H and O–H groups in total. The van der Waals surface area contributed by atoms with Crippen molar-refractivity contribution in [2.45, 2.75) is 38.3 Å². The Morgan fingerprint density at radius 2 is 1.24 bits per heavy atom. The van der Waals surface area contributed by atoms with Crippen LogP contribution in [-0.2, 0) is 30.2 Å². The Morgan fingerprint density at radius 3 is 1.79 bits per heavy atom. The van der Waals surface area contributed by atoms with Gasteiger partial charge in [-0.25, -0.2) is 0 Å². The summed E-state index contributed by atoms with van der Waals surface area (Å²) < 4.78 is 62.3. The molecule has 0 heterocycles. The van der Waals surface area contributed by atoms with Crippen molar-refractivity contribution >= 4 is 44.1 Å². The van der Waals surface area contributed by atoms with E-state index in [1.807, 2.05) is 44.2 Å². The van der Waals surface area contributed by atoms with Gasteiger partial charge in [0, 0.05) is 0 Å². The molecule has 3 aromatic carbocycles. The number of rotatable bonds is 7. The summed E-state index contributed by atoms with van der Waals surface area (Å²) in [6.07, 6.45) is 0. The van der Waals surface area contributed by atoms with Crippen molar-refractivity contribution in [1.82, 2.24) is 0 Å². The molecule has 3 rings (SSSR count). The molecule has 33 heavy (non-hydrogen) atoms. The molecule has 3 aromatic rings. The van der Waals surface area contributed by atoms with E-state index >= 15 is 0 Å². The third kappa shape index (κ3) is 5.89. The summed E-state index contributed by atoms with van der Waals surface area (Å²) >= 11 is 0. The van der Waals surface area contributed by atoms with Crippen molar-refractivity contribution < 1.29 is 25.6 Å². The molecule has 0 radical (unpaired) electrons. The molecule has 1 unspecified atom stereocenters. The molecule has 0 saturated carbocycles. The van der Waals surface area contributed by atoms with Gasteiger partial charge in [-0.3, -0.25) is 8.74 Å². The van der Waals surface area contributed by atoms with Gasteiger partial charge in [0.25, 0.3) is 20.2 Å². The van der Waals surface area contributed by atoms with E-state index < -0.39 is 33.9 Å². The Balaban J connectivity index is 2.28. The number of benzene rings is 3. The summed E-state index contributed by atoms with van der Waals surface area (Å²) in [6, 6.07) is 16.9. The second-order valence-electron chi connectivity index (χ2n) is 8.01. The van der Waals surface area contributed by atoms with Gasteiger partial charge in [-0.05, 0) is 91.5 Å². The Bertz CT molecular complexity index is 1410. The van der Waals surface area contributed by atoms with E-state index in [9.17, 15) is 21.4 Å². The molecular weight excluding hydrogens is 479 g/mol. The third-order valence-electron chi connectivity index (χ3n) is 5.60. The second kappa shape index (κ2) is 9.65. The van der Waals surface area contributed by atoms with Crippen molar-refractivity contribution in [2.24, 2.45) is 0 Å². The van der Waals surface area contributed by atoms with Crippen molar-refractivity contribution in [3.63, 3.8) is 0 Å². The van der Waals surface area contributed by atoms with Gasteiger partial charge in [-0.15, -0.1) is 0 Å². The van der Waals surface area contributed by atoms with Crippen molar-refractivity contribution in [1.29, 1.82) is 0 Å². The zero-order valence-electron chi connectivity index (χ0n) is 19.2. The van der Waals surface area contributed by atoms with E-state index in [-0.39, 0.29) is 4.90 Å². The molecule has 0 saturated heterocycles. The second-order valence-corrected chi connectivity index (χ2v) is 13.4. The topological polar surface area (TPSA) is 97.7 Å². The molecule has 1 atom stereocenters. The molecule has 0 aliphatic rings. The van der Waals surface area contributed by atoms with Gasteiger partial charge in [0.05, 0.1) is 12.0 Å². The van der Waals surface area contributed by atoms with Crippen molar-refractivity contribution in [3.05, 3.63) is 82.4 Å². The van der Waals surface area contributed by atoms with E-state index in [1.165, 1.54) is 0 Å². The highest BCUT2D eigenvalue weighted by Gasteiger charge is 2.23.